The van der Waals surface area contributed by atoms with E-state index in [9.17, 15) is 4.79 Å². The third-order valence-electron chi connectivity index (χ3n) is 4.27. The fraction of sp³-hybridized carbons (Fsp3) is 0.0952. The van der Waals surface area contributed by atoms with Gasteiger partial charge in [0, 0.05) is 18.0 Å². The number of nitrogens with one attached hydrogen (secondary N) is 2. The highest BCUT2D eigenvalue weighted by atomic mass is 16.1. The van der Waals surface area contributed by atoms with Crippen LogP contribution in [0.15, 0.2) is 79.1 Å². The Balaban J connectivity index is 1.65. The van der Waals surface area contributed by atoms with Crippen LogP contribution in [0.3, 0.4) is 0 Å². The molecular formula is C21H18N4O. The number of H-pyrrole nitrogens is 1. The maximum atomic E-state index is 12.7. The van der Waals surface area contributed by atoms with E-state index in [1.807, 2.05) is 54.6 Å². The second-order valence-electron chi connectivity index (χ2n) is 6.09. The second kappa shape index (κ2) is 7.19. The van der Waals surface area contributed by atoms with Gasteiger partial charge in [0.2, 0.25) is 0 Å². The number of rotatable bonds is 5. The van der Waals surface area contributed by atoms with Crippen molar-refractivity contribution in [2.75, 3.05) is 0 Å². The largest absolute Gasteiger partial charge is 0.342 e. The normalized spacial score (nSPS) is 12.0. The monoisotopic (exact) mass is 342 g/mol. The number of para-hydroxylation sites is 2. The van der Waals surface area contributed by atoms with Gasteiger partial charge in [0.25, 0.3) is 5.91 Å². The third kappa shape index (κ3) is 3.47. The van der Waals surface area contributed by atoms with Gasteiger partial charge in [0.15, 0.2) is 0 Å². The molecule has 5 nitrogen and oxygen atoms in total. The van der Waals surface area contributed by atoms with Crippen molar-refractivity contribution in [3.8, 4) is 0 Å². The van der Waals surface area contributed by atoms with Crippen LogP contribution in [-0.4, -0.2) is 20.9 Å². The number of benzene rings is 2. The van der Waals surface area contributed by atoms with E-state index < -0.39 is 0 Å². The van der Waals surface area contributed by atoms with Crippen LogP contribution in [-0.2, 0) is 6.42 Å². The summed E-state index contributed by atoms with van der Waals surface area (Å²) >= 11 is 0. The number of hydrogen-bond acceptors (Lipinski definition) is 3. The lowest BCUT2D eigenvalue weighted by atomic mass is 10.0. The van der Waals surface area contributed by atoms with E-state index in [1.54, 1.807) is 24.5 Å². The van der Waals surface area contributed by atoms with Gasteiger partial charge < -0.3 is 10.3 Å². The molecule has 5 heteroatoms. The van der Waals surface area contributed by atoms with Crippen molar-refractivity contribution >= 4 is 16.9 Å². The van der Waals surface area contributed by atoms with Gasteiger partial charge in [-0.15, -0.1) is 0 Å². The fourth-order valence-corrected chi connectivity index (χ4v) is 2.95. The number of carbonyl (C=O) groups is 1. The molecule has 0 spiro atoms. The Morgan fingerprint density at radius 1 is 0.962 bits per heavy atom. The Labute approximate surface area is 151 Å². The van der Waals surface area contributed by atoms with E-state index in [2.05, 4.69) is 20.3 Å². The minimum atomic E-state index is -0.259. The van der Waals surface area contributed by atoms with Crippen LogP contribution in [0.2, 0.25) is 0 Å². The first-order valence-electron chi connectivity index (χ1n) is 8.49. The molecule has 1 amide bonds. The lowest BCUT2D eigenvalue weighted by molar-refractivity contribution is 0.0935. The molecular weight excluding hydrogens is 324 g/mol. The summed E-state index contributed by atoms with van der Waals surface area (Å²) in [6.07, 6.45) is 3.88. The summed E-state index contributed by atoms with van der Waals surface area (Å²) in [5, 5.41) is 3.10. The Kier molecular flexibility index (Phi) is 4.43. The highest BCUT2D eigenvalue weighted by molar-refractivity contribution is 5.94. The number of carbonyl (C=O) groups excluding carboxylic acids is 1. The van der Waals surface area contributed by atoms with Crippen molar-refractivity contribution in [2.24, 2.45) is 0 Å². The summed E-state index contributed by atoms with van der Waals surface area (Å²) in [4.78, 5) is 24.6. The quantitative estimate of drug-likeness (QED) is 0.581. The fourth-order valence-electron chi connectivity index (χ4n) is 2.95. The van der Waals surface area contributed by atoms with Gasteiger partial charge in [-0.2, -0.15) is 0 Å². The molecule has 0 saturated heterocycles. The van der Waals surface area contributed by atoms with Gasteiger partial charge in [-0.1, -0.05) is 42.5 Å². The predicted molar refractivity (Wildman–Crippen MR) is 101 cm³/mol. The number of aromatic amines is 1. The van der Waals surface area contributed by atoms with Gasteiger partial charge in [-0.25, -0.2) is 4.98 Å². The molecule has 2 aromatic heterocycles. The topological polar surface area (TPSA) is 70.7 Å². The molecule has 0 fully saturated rings. The number of nitrogens with zero attached hydrogens (tertiary/aromatic N) is 2. The van der Waals surface area contributed by atoms with Crippen molar-refractivity contribution in [2.45, 2.75) is 12.5 Å². The number of imidazole rings is 1. The average molecular weight is 342 g/mol. The first-order valence-corrected chi connectivity index (χ1v) is 8.49. The van der Waals surface area contributed by atoms with Crippen LogP contribution < -0.4 is 5.32 Å². The van der Waals surface area contributed by atoms with Crippen LogP contribution in [0.25, 0.3) is 11.0 Å². The molecule has 0 aliphatic rings. The third-order valence-corrected chi connectivity index (χ3v) is 4.27. The summed E-state index contributed by atoms with van der Waals surface area (Å²) in [6, 6.07) is 21.1. The summed E-state index contributed by atoms with van der Waals surface area (Å²) < 4.78 is 0. The number of aromatic nitrogens is 3. The molecule has 4 rings (SSSR count). The zero-order valence-electron chi connectivity index (χ0n) is 14.1. The highest BCUT2D eigenvalue weighted by Gasteiger charge is 2.19. The van der Waals surface area contributed by atoms with E-state index in [4.69, 9.17) is 0 Å². The number of fused-ring (bicyclic) bond motifs is 1. The molecule has 2 N–H and O–H groups in total. The highest BCUT2D eigenvalue weighted by Crippen LogP contribution is 2.20. The van der Waals surface area contributed by atoms with Crippen molar-refractivity contribution < 1.29 is 4.79 Å². The van der Waals surface area contributed by atoms with Gasteiger partial charge in [-0.3, -0.25) is 9.78 Å². The number of pyridine rings is 1. The van der Waals surface area contributed by atoms with Crippen LogP contribution in [0.4, 0.5) is 0 Å². The van der Waals surface area contributed by atoms with Gasteiger partial charge >= 0.3 is 0 Å². The van der Waals surface area contributed by atoms with Crippen molar-refractivity contribution in [1.82, 2.24) is 20.3 Å². The standard InChI is InChI=1S/C21H18N4O/c26-21(16-10-12-22-13-11-16)25-19(14-15-6-2-1-3-7-15)20-23-17-8-4-5-9-18(17)24-20/h1-13,19H,14H2,(H,23,24)(H,25,26)/t19-/m0/s1. The molecule has 1 atom stereocenters. The van der Waals surface area contributed by atoms with Crippen LogP contribution in [0.1, 0.15) is 27.8 Å². The Hall–Kier alpha value is -3.47. The Morgan fingerprint density at radius 2 is 1.69 bits per heavy atom. The molecule has 0 saturated carbocycles. The molecule has 4 aromatic rings. The first kappa shape index (κ1) is 16.0. The van der Waals surface area contributed by atoms with Crippen LogP contribution >= 0.6 is 0 Å². The zero-order valence-corrected chi connectivity index (χ0v) is 14.1. The smallest absolute Gasteiger partial charge is 0.251 e. The van der Waals surface area contributed by atoms with Crippen LogP contribution in [0.5, 0.6) is 0 Å². The van der Waals surface area contributed by atoms with E-state index in [0.29, 0.717) is 12.0 Å². The maximum Gasteiger partial charge on any atom is 0.251 e. The first-order chi connectivity index (χ1) is 12.8. The average Bonchev–Trinajstić information content (AvgIpc) is 3.13. The summed E-state index contributed by atoms with van der Waals surface area (Å²) in [5.41, 5.74) is 3.56. The SMILES string of the molecule is O=C(N[C@@H](Cc1ccccc1)c1nc2ccccc2[nH]1)c1ccncc1. The van der Waals surface area contributed by atoms with Gasteiger partial charge in [0.05, 0.1) is 17.1 Å². The maximum absolute atomic E-state index is 12.7. The summed E-state index contributed by atoms with van der Waals surface area (Å²) in [5.74, 6) is 0.603. The van der Waals surface area contributed by atoms with E-state index in [0.717, 1.165) is 22.4 Å². The number of hydrogen-bond donors (Lipinski definition) is 2. The molecule has 0 unspecified atom stereocenters. The second-order valence-corrected chi connectivity index (χ2v) is 6.09. The van der Waals surface area contributed by atoms with Gasteiger partial charge in [0.1, 0.15) is 5.82 Å². The Bertz CT molecular complexity index is 979. The lowest BCUT2D eigenvalue weighted by Crippen LogP contribution is -2.30. The summed E-state index contributed by atoms with van der Waals surface area (Å²) in [7, 11) is 0. The van der Waals surface area contributed by atoms with Crippen molar-refractivity contribution in [3.63, 3.8) is 0 Å². The molecule has 128 valence electrons. The molecule has 26 heavy (non-hydrogen) atoms. The van der Waals surface area contributed by atoms with E-state index in [1.165, 1.54) is 0 Å². The van der Waals surface area contributed by atoms with Gasteiger partial charge in [-0.05, 0) is 36.2 Å². The molecule has 0 radical (unpaired) electrons. The minimum absolute atomic E-state index is 0.145. The lowest BCUT2D eigenvalue weighted by Gasteiger charge is -2.17. The predicted octanol–water partition coefficient (Wildman–Crippen LogP) is 3.67. The minimum Gasteiger partial charge on any atom is -0.342 e. The molecule has 0 bridgehead atoms. The molecule has 2 heterocycles. The molecule has 0 aliphatic heterocycles. The van der Waals surface area contributed by atoms with Crippen molar-refractivity contribution in [1.29, 1.82) is 0 Å². The van der Waals surface area contributed by atoms with E-state index in [-0.39, 0.29) is 11.9 Å². The Morgan fingerprint density at radius 3 is 2.46 bits per heavy atom. The van der Waals surface area contributed by atoms with E-state index >= 15 is 0 Å². The van der Waals surface area contributed by atoms with Crippen molar-refractivity contribution in [3.05, 3.63) is 96.1 Å². The van der Waals surface area contributed by atoms with Crippen LogP contribution in [0, 0.1) is 0 Å². The molecule has 2 aromatic carbocycles. The zero-order chi connectivity index (χ0) is 17.8. The molecule has 0 aliphatic carbocycles. The number of amides is 1. The summed E-state index contributed by atoms with van der Waals surface area (Å²) in [6.45, 7) is 0.